The number of hydrogen-bond acceptors (Lipinski definition) is 3. The van der Waals surface area contributed by atoms with Crippen molar-refractivity contribution in [2.45, 2.75) is 25.9 Å². The molecule has 1 aromatic heterocycles. The molecule has 0 radical (unpaired) electrons. The summed E-state index contributed by atoms with van der Waals surface area (Å²) in [5.41, 5.74) is 19.5. The smallest absolute Gasteiger partial charge is 0.0435 e. The molecule has 3 nitrogen and oxygen atoms in total. The predicted octanol–water partition coefficient (Wildman–Crippen LogP) is 5.46. The van der Waals surface area contributed by atoms with E-state index in [1.807, 2.05) is 12.4 Å². The fourth-order valence-corrected chi connectivity index (χ4v) is 5.15. The molecule has 0 saturated heterocycles. The number of pyridine rings is 1. The van der Waals surface area contributed by atoms with Crippen molar-refractivity contribution in [3.05, 3.63) is 107 Å². The van der Waals surface area contributed by atoms with Gasteiger partial charge < -0.3 is 5.73 Å². The Bertz CT molecular complexity index is 1280. The first-order chi connectivity index (χ1) is 15.3. The van der Waals surface area contributed by atoms with E-state index in [1.54, 1.807) is 0 Å². The number of nitrogens with zero attached hydrogens (tertiary/aromatic N) is 2. The van der Waals surface area contributed by atoms with Gasteiger partial charge in [-0.3, -0.25) is 9.88 Å². The second kappa shape index (κ2) is 7.36. The summed E-state index contributed by atoms with van der Waals surface area (Å²) in [5.74, 6) is 0. The summed E-state index contributed by atoms with van der Waals surface area (Å²) in [6, 6.07) is 24.2. The van der Waals surface area contributed by atoms with E-state index in [4.69, 9.17) is 5.73 Å². The van der Waals surface area contributed by atoms with Crippen LogP contribution >= 0.6 is 0 Å². The second-order valence-corrected chi connectivity index (χ2v) is 8.69. The minimum absolute atomic E-state index is 0.931. The molecular formula is C28H25N3. The van der Waals surface area contributed by atoms with Crippen LogP contribution in [0.15, 0.2) is 79.1 Å². The fourth-order valence-electron chi connectivity index (χ4n) is 5.15. The minimum Gasteiger partial charge on any atom is -0.398 e. The Labute approximate surface area is 183 Å². The maximum Gasteiger partial charge on any atom is 0.0435 e. The zero-order valence-electron chi connectivity index (χ0n) is 17.5. The lowest BCUT2D eigenvalue weighted by Crippen LogP contribution is -2.30. The zero-order chi connectivity index (χ0) is 20.8. The van der Waals surface area contributed by atoms with Gasteiger partial charge in [-0.1, -0.05) is 54.6 Å². The van der Waals surface area contributed by atoms with Crippen LogP contribution in [-0.2, 0) is 25.9 Å². The van der Waals surface area contributed by atoms with Crippen LogP contribution in [0.3, 0.4) is 0 Å². The summed E-state index contributed by atoms with van der Waals surface area (Å²) in [4.78, 5) is 6.64. The normalized spacial score (nSPS) is 14.7. The highest BCUT2D eigenvalue weighted by atomic mass is 15.1. The first-order valence-electron chi connectivity index (χ1n) is 11.0. The largest absolute Gasteiger partial charge is 0.398 e. The van der Waals surface area contributed by atoms with E-state index in [2.05, 4.69) is 76.6 Å². The van der Waals surface area contributed by atoms with Crippen LogP contribution in [-0.4, -0.2) is 16.4 Å². The quantitative estimate of drug-likeness (QED) is 0.407. The molecule has 0 saturated carbocycles. The number of aromatic nitrogens is 1. The molecule has 0 amide bonds. The van der Waals surface area contributed by atoms with Crippen LogP contribution < -0.4 is 5.73 Å². The van der Waals surface area contributed by atoms with Gasteiger partial charge in [-0.15, -0.1) is 0 Å². The highest BCUT2D eigenvalue weighted by Gasteiger charge is 2.23. The lowest BCUT2D eigenvalue weighted by atomic mass is 9.91. The van der Waals surface area contributed by atoms with Crippen LogP contribution in [0.5, 0.6) is 0 Å². The van der Waals surface area contributed by atoms with Crippen LogP contribution in [0.2, 0.25) is 0 Å². The Morgan fingerprint density at radius 2 is 1.65 bits per heavy atom. The van der Waals surface area contributed by atoms with Gasteiger partial charge in [0.15, 0.2) is 0 Å². The van der Waals surface area contributed by atoms with Gasteiger partial charge in [0.2, 0.25) is 0 Å². The Kier molecular flexibility index (Phi) is 4.36. The predicted molar refractivity (Wildman–Crippen MR) is 127 cm³/mol. The average Bonchev–Trinajstić information content (AvgIpc) is 3.20. The highest BCUT2D eigenvalue weighted by molar-refractivity contribution is 5.89. The second-order valence-electron chi connectivity index (χ2n) is 8.69. The molecule has 1 aliphatic heterocycles. The highest BCUT2D eigenvalue weighted by Crippen LogP contribution is 2.43. The van der Waals surface area contributed by atoms with Gasteiger partial charge in [0.05, 0.1) is 0 Å². The van der Waals surface area contributed by atoms with Crippen LogP contribution in [0.25, 0.3) is 22.3 Å². The number of benzene rings is 3. The van der Waals surface area contributed by atoms with E-state index < -0.39 is 0 Å². The zero-order valence-corrected chi connectivity index (χ0v) is 17.5. The maximum absolute atomic E-state index is 6.72. The number of nitrogens with two attached hydrogens (primary N) is 1. The van der Waals surface area contributed by atoms with Gasteiger partial charge in [-0.25, -0.2) is 0 Å². The van der Waals surface area contributed by atoms with E-state index in [0.29, 0.717) is 0 Å². The van der Waals surface area contributed by atoms with Gasteiger partial charge in [-0.05, 0) is 63.1 Å². The fraction of sp³-hybridized carbons (Fsp3) is 0.179. The van der Waals surface area contributed by atoms with Crippen molar-refractivity contribution in [1.82, 2.24) is 9.88 Å². The molecule has 3 heteroatoms. The van der Waals surface area contributed by atoms with E-state index in [-0.39, 0.29) is 0 Å². The standard InChI is InChI=1S/C28H25N3/c29-28-25(7-8-26-24-4-2-1-3-21(24)16-27(26)28)22-5-6-23-18-31(14-11-20(23)15-22)17-19-9-12-30-13-10-19/h1-10,12-13,15H,11,14,16-18,29H2. The number of nitrogen functional groups attached to an aromatic ring is 1. The van der Waals surface area contributed by atoms with Crippen molar-refractivity contribution in [2.24, 2.45) is 0 Å². The lowest BCUT2D eigenvalue weighted by Gasteiger charge is -2.29. The molecule has 0 atom stereocenters. The van der Waals surface area contributed by atoms with Crippen LogP contribution in [0.4, 0.5) is 5.69 Å². The number of hydrogen-bond donors (Lipinski definition) is 1. The van der Waals surface area contributed by atoms with E-state index in [0.717, 1.165) is 43.7 Å². The molecule has 31 heavy (non-hydrogen) atoms. The van der Waals surface area contributed by atoms with Gasteiger partial charge in [0.25, 0.3) is 0 Å². The Morgan fingerprint density at radius 1 is 0.806 bits per heavy atom. The van der Waals surface area contributed by atoms with E-state index >= 15 is 0 Å². The summed E-state index contributed by atoms with van der Waals surface area (Å²) in [6.45, 7) is 3.04. The first-order valence-corrected chi connectivity index (χ1v) is 11.0. The molecular weight excluding hydrogens is 378 g/mol. The Morgan fingerprint density at radius 3 is 2.55 bits per heavy atom. The van der Waals surface area contributed by atoms with Crippen molar-refractivity contribution >= 4 is 5.69 Å². The first kappa shape index (κ1) is 18.3. The summed E-state index contributed by atoms with van der Waals surface area (Å²) in [6.07, 6.45) is 5.75. The lowest BCUT2D eigenvalue weighted by molar-refractivity contribution is 0.245. The van der Waals surface area contributed by atoms with E-state index in [1.165, 1.54) is 44.5 Å². The topological polar surface area (TPSA) is 42.1 Å². The maximum atomic E-state index is 6.72. The third kappa shape index (κ3) is 3.22. The SMILES string of the molecule is Nc1c(-c2ccc3c(c2)CCN(Cc2ccncc2)C3)ccc2c1Cc1ccccc1-2. The van der Waals surface area contributed by atoms with Crippen LogP contribution in [0, 0.1) is 0 Å². The minimum atomic E-state index is 0.931. The number of rotatable bonds is 3. The molecule has 2 N–H and O–H groups in total. The molecule has 3 aromatic carbocycles. The third-order valence-corrected chi connectivity index (χ3v) is 6.80. The Balaban J connectivity index is 1.28. The number of fused-ring (bicyclic) bond motifs is 4. The van der Waals surface area contributed by atoms with E-state index in [9.17, 15) is 0 Å². The Hall–Kier alpha value is -3.43. The van der Waals surface area contributed by atoms with Crippen molar-refractivity contribution in [3.8, 4) is 22.3 Å². The summed E-state index contributed by atoms with van der Waals surface area (Å²) < 4.78 is 0. The summed E-state index contributed by atoms with van der Waals surface area (Å²) >= 11 is 0. The van der Waals surface area contributed by atoms with Crippen molar-refractivity contribution in [2.75, 3.05) is 12.3 Å². The van der Waals surface area contributed by atoms with Gasteiger partial charge in [-0.2, -0.15) is 0 Å². The molecule has 0 unspecified atom stereocenters. The molecule has 1 aliphatic carbocycles. The van der Waals surface area contributed by atoms with Gasteiger partial charge in [0.1, 0.15) is 0 Å². The molecule has 2 heterocycles. The van der Waals surface area contributed by atoms with Crippen molar-refractivity contribution in [3.63, 3.8) is 0 Å². The van der Waals surface area contributed by atoms with Crippen molar-refractivity contribution < 1.29 is 0 Å². The monoisotopic (exact) mass is 403 g/mol. The third-order valence-electron chi connectivity index (χ3n) is 6.80. The van der Waals surface area contributed by atoms with Crippen molar-refractivity contribution in [1.29, 1.82) is 0 Å². The molecule has 0 spiro atoms. The molecule has 152 valence electrons. The molecule has 6 rings (SSSR count). The van der Waals surface area contributed by atoms with Gasteiger partial charge in [0, 0.05) is 49.7 Å². The van der Waals surface area contributed by atoms with Gasteiger partial charge >= 0.3 is 0 Å². The average molecular weight is 404 g/mol. The summed E-state index contributed by atoms with van der Waals surface area (Å²) in [7, 11) is 0. The molecule has 0 bridgehead atoms. The molecule has 2 aliphatic rings. The molecule has 4 aromatic rings. The van der Waals surface area contributed by atoms with Crippen LogP contribution in [0.1, 0.15) is 27.8 Å². The number of anilines is 1. The molecule has 0 fully saturated rings. The summed E-state index contributed by atoms with van der Waals surface area (Å²) in [5, 5.41) is 0.